The second kappa shape index (κ2) is 5.31. The zero-order valence-corrected chi connectivity index (χ0v) is 11.0. The quantitative estimate of drug-likeness (QED) is 0.343. The Morgan fingerprint density at radius 3 is 2.13 bits per heavy atom. The highest BCUT2D eigenvalue weighted by Gasteiger charge is 2.53. The second-order valence-electron chi connectivity index (χ2n) is 5.64. The molecule has 0 amide bonds. The number of nitrogens with zero attached hydrogens (tertiary/aromatic N) is 1. The zero-order valence-electron chi connectivity index (χ0n) is 11.0. The first-order valence-corrected chi connectivity index (χ1v) is 6.49. The molecule has 0 bridgehead atoms. The molecule has 0 aliphatic carbocycles. The summed E-state index contributed by atoms with van der Waals surface area (Å²) in [5, 5.41) is 0. The van der Waals surface area contributed by atoms with Crippen molar-refractivity contribution in [1.29, 1.82) is 0 Å². The standard InChI is InChI=1S/C13H28NO/c1-5-6-7-8-9-10-11-14(3,4)13(2)12-15-13/h5-12H2,1-4H3/q+1. The summed E-state index contributed by atoms with van der Waals surface area (Å²) < 4.78 is 6.56. The van der Waals surface area contributed by atoms with Crippen molar-refractivity contribution in [1.82, 2.24) is 0 Å². The topological polar surface area (TPSA) is 12.5 Å². The average Bonchev–Trinajstić information content (AvgIpc) is 2.91. The molecule has 0 radical (unpaired) electrons. The summed E-state index contributed by atoms with van der Waals surface area (Å²) in [6, 6.07) is 0. The molecule has 1 rings (SSSR count). The molecule has 1 heterocycles. The van der Waals surface area contributed by atoms with E-state index in [1.165, 1.54) is 45.1 Å². The molecule has 15 heavy (non-hydrogen) atoms. The molecule has 1 unspecified atom stereocenters. The molecular formula is C13H28NO+. The molecule has 2 nitrogen and oxygen atoms in total. The van der Waals surface area contributed by atoms with Gasteiger partial charge in [0.1, 0.15) is 6.61 Å². The highest BCUT2D eigenvalue weighted by atomic mass is 16.6. The third-order valence-corrected chi connectivity index (χ3v) is 3.91. The Bertz CT molecular complexity index is 185. The van der Waals surface area contributed by atoms with Crippen molar-refractivity contribution in [3.05, 3.63) is 0 Å². The van der Waals surface area contributed by atoms with Gasteiger partial charge in [0.2, 0.25) is 5.72 Å². The first-order chi connectivity index (χ1) is 7.02. The minimum absolute atomic E-state index is 0.128. The van der Waals surface area contributed by atoms with Gasteiger partial charge in [-0.1, -0.05) is 32.6 Å². The molecule has 1 aliphatic rings. The van der Waals surface area contributed by atoms with Crippen molar-refractivity contribution in [3.8, 4) is 0 Å². The smallest absolute Gasteiger partial charge is 0.224 e. The van der Waals surface area contributed by atoms with E-state index in [9.17, 15) is 0 Å². The largest absolute Gasteiger partial charge is 0.316 e. The molecule has 0 aromatic carbocycles. The average molecular weight is 214 g/mol. The summed E-state index contributed by atoms with van der Waals surface area (Å²) in [5.74, 6) is 0. The van der Waals surface area contributed by atoms with Crippen molar-refractivity contribution in [3.63, 3.8) is 0 Å². The summed E-state index contributed by atoms with van der Waals surface area (Å²) in [4.78, 5) is 0. The Labute approximate surface area is 95.2 Å². The summed E-state index contributed by atoms with van der Waals surface area (Å²) in [7, 11) is 4.58. The maximum absolute atomic E-state index is 5.53. The van der Waals surface area contributed by atoms with E-state index in [0.717, 1.165) is 11.1 Å². The molecular weight excluding hydrogens is 186 g/mol. The van der Waals surface area contributed by atoms with Gasteiger partial charge in [0, 0.05) is 6.92 Å². The van der Waals surface area contributed by atoms with Crippen molar-refractivity contribution in [2.45, 2.75) is 58.1 Å². The Kier molecular flexibility index (Phi) is 4.60. The third kappa shape index (κ3) is 3.76. The summed E-state index contributed by atoms with van der Waals surface area (Å²) in [6.07, 6.45) is 8.29. The van der Waals surface area contributed by atoms with Crippen LogP contribution in [0.1, 0.15) is 52.4 Å². The van der Waals surface area contributed by atoms with E-state index in [0.29, 0.717) is 0 Å². The Morgan fingerprint density at radius 1 is 1.07 bits per heavy atom. The van der Waals surface area contributed by atoms with Gasteiger partial charge >= 0.3 is 0 Å². The second-order valence-corrected chi connectivity index (χ2v) is 5.64. The fourth-order valence-electron chi connectivity index (χ4n) is 1.98. The number of hydrogen-bond donors (Lipinski definition) is 0. The van der Waals surface area contributed by atoms with Crippen LogP contribution >= 0.6 is 0 Å². The molecule has 2 heteroatoms. The molecule has 0 saturated carbocycles. The predicted molar refractivity (Wildman–Crippen MR) is 64.7 cm³/mol. The van der Waals surface area contributed by atoms with E-state index >= 15 is 0 Å². The minimum Gasteiger partial charge on any atom is -0.316 e. The monoisotopic (exact) mass is 214 g/mol. The van der Waals surface area contributed by atoms with E-state index in [4.69, 9.17) is 4.74 Å². The van der Waals surface area contributed by atoms with Crippen molar-refractivity contribution in [2.24, 2.45) is 0 Å². The molecule has 90 valence electrons. The van der Waals surface area contributed by atoms with Gasteiger partial charge in [-0.15, -0.1) is 0 Å². The lowest BCUT2D eigenvalue weighted by atomic mass is 10.1. The SMILES string of the molecule is CCCCCCCC[N+](C)(C)C1(C)CO1. The van der Waals surface area contributed by atoms with E-state index in [2.05, 4.69) is 27.9 Å². The van der Waals surface area contributed by atoms with Crippen LogP contribution in [0.4, 0.5) is 0 Å². The van der Waals surface area contributed by atoms with Gasteiger partial charge < -0.3 is 4.74 Å². The van der Waals surface area contributed by atoms with Crippen LogP contribution in [0.5, 0.6) is 0 Å². The fraction of sp³-hybridized carbons (Fsp3) is 1.00. The van der Waals surface area contributed by atoms with E-state index in [1.807, 2.05) is 0 Å². The van der Waals surface area contributed by atoms with Crippen LogP contribution in [0.2, 0.25) is 0 Å². The van der Waals surface area contributed by atoms with Crippen molar-refractivity contribution in [2.75, 3.05) is 27.2 Å². The van der Waals surface area contributed by atoms with Crippen LogP contribution < -0.4 is 0 Å². The van der Waals surface area contributed by atoms with Gasteiger partial charge in [-0.05, 0) is 12.8 Å². The zero-order chi connectivity index (χ0) is 11.4. The lowest BCUT2D eigenvalue weighted by molar-refractivity contribution is -0.935. The van der Waals surface area contributed by atoms with Crippen LogP contribution in [0.25, 0.3) is 0 Å². The molecule has 0 N–H and O–H groups in total. The molecule has 0 spiro atoms. The summed E-state index contributed by atoms with van der Waals surface area (Å²) in [6.45, 7) is 6.69. The highest BCUT2D eigenvalue weighted by molar-refractivity contribution is 4.75. The summed E-state index contributed by atoms with van der Waals surface area (Å²) >= 11 is 0. The van der Waals surface area contributed by atoms with Gasteiger partial charge in [-0.25, -0.2) is 0 Å². The van der Waals surface area contributed by atoms with E-state index in [-0.39, 0.29) is 5.72 Å². The number of quaternary nitrogens is 1. The van der Waals surface area contributed by atoms with Crippen molar-refractivity contribution < 1.29 is 9.22 Å². The molecule has 1 aliphatic heterocycles. The first-order valence-electron chi connectivity index (χ1n) is 6.49. The van der Waals surface area contributed by atoms with E-state index in [1.54, 1.807) is 0 Å². The lowest BCUT2D eigenvalue weighted by Gasteiger charge is -2.33. The molecule has 0 aromatic rings. The first kappa shape index (κ1) is 13.0. The third-order valence-electron chi connectivity index (χ3n) is 3.91. The normalized spacial score (nSPS) is 25.6. The molecule has 1 atom stereocenters. The van der Waals surface area contributed by atoms with Crippen LogP contribution in [0.3, 0.4) is 0 Å². The number of hydrogen-bond acceptors (Lipinski definition) is 1. The number of likely N-dealkylation sites (N-methyl/N-ethyl adjacent to an activating group) is 1. The number of rotatable bonds is 8. The maximum Gasteiger partial charge on any atom is 0.224 e. The molecule has 1 fully saturated rings. The maximum atomic E-state index is 5.53. The number of unbranched alkanes of at least 4 members (excludes halogenated alkanes) is 5. The Hall–Kier alpha value is -0.0800. The van der Waals surface area contributed by atoms with Gasteiger partial charge in [0.25, 0.3) is 0 Å². The van der Waals surface area contributed by atoms with Gasteiger partial charge in [-0.2, -0.15) is 0 Å². The number of epoxide rings is 1. The highest BCUT2D eigenvalue weighted by Crippen LogP contribution is 2.34. The lowest BCUT2D eigenvalue weighted by Crippen LogP contribution is -2.50. The fourth-order valence-corrected chi connectivity index (χ4v) is 1.98. The Morgan fingerprint density at radius 2 is 1.60 bits per heavy atom. The molecule has 0 aromatic heterocycles. The van der Waals surface area contributed by atoms with E-state index < -0.39 is 0 Å². The molecule has 1 saturated heterocycles. The predicted octanol–water partition coefficient (Wildman–Crippen LogP) is 3.17. The number of ether oxygens (including phenoxy) is 1. The Balaban J connectivity index is 2.04. The van der Waals surface area contributed by atoms with Crippen molar-refractivity contribution >= 4 is 0 Å². The van der Waals surface area contributed by atoms with Crippen LogP contribution in [0, 0.1) is 0 Å². The van der Waals surface area contributed by atoms with Crippen LogP contribution in [-0.4, -0.2) is 37.5 Å². The van der Waals surface area contributed by atoms with Gasteiger partial charge in [0.05, 0.1) is 20.6 Å². The summed E-state index contributed by atoms with van der Waals surface area (Å²) in [5.41, 5.74) is 0.128. The minimum atomic E-state index is 0.128. The van der Waals surface area contributed by atoms with Crippen LogP contribution in [-0.2, 0) is 4.74 Å². The van der Waals surface area contributed by atoms with Gasteiger partial charge in [-0.3, -0.25) is 4.48 Å². The van der Waals surface area contributed by atoms with Crippen LogP contribution in [0.15, 0.2) is 0 Å². The van der Waals surface area contributed by atoms with Gasteiger partial charge in [0.15, 0.2) is 0 Å².